The van der Waals surface area contributed by atoms with Gasteiger partial charge in [-0.1, -0.05) is 42.5 Å². The number of hydrogen-bond donors (Lipinski definition) is 2. The van der Waals surface area contributed by atoms with Crippen LogP contribution in [0.3, 0.4) is 0 Å². The molecule has 2 aliphatic rings. The lowest BCUT2D eigenvalue weighted by molar-refractivity contribution is 0.0953. The number of hydrazone groups is 1. The van der Waals surface area contributed by atoms with Crippen molar-refractivity contribution in [1.29, 1.82) is 0 Å². The van der Waals surface area contributed by atoms with Crippen LogP contribution in [0, 0.1) is 6.92 Å². The molecule has 0 atom stereocenters. The number of rotatable bonds is 5. The quantitative estimate of drug-likeness (QED) is 0.326. The number of furan rings is 1. The minimum Gasteiger partial charge on any atom is -0.486 e. The summed E-state index contributed by atoms with van der Waals surface area (Å²) in [5.74, 6) is 1.51. The minimum absolute atomic E-state index is 0.229. The fourth-order valence-electron chi connectivity index (χ4n) is 4.93. The predicted molar refractivity (Wildman–Crippen MR) is 148 cm³/mol. The third kappa shape index (κ3) is 5.01. The highest BCUT2D eigenvalue weighted by atomic mass is 16.6. The number of anilines is 1. The van der Waals surface area contributed by atoms with E-state index in [0.29, 0.717) is 65.8 Å². The van der Waals surface area contributed by atoms with Crippen molar-refractivity contribution < 1.29 is 23.5 Å². The normalized spacial score (nSPS) is 14.9. The van der Waals surface area contributed by atoms with Gasteiger partial charge in [-0.25, -0.2) is 5.43 Å². The molecule has 1 aromatic heterocycles. The molecule has 0 fully saturated rings. The van der Waals surface area contributed by atoms with Gasteiger partial charge in [-0.3, -0.25) is 9.59 Å². The lowest BCUT2D eigenvalue weighted by Gasteiger charge is -2.18. The van der Waals surface area contributed by atoms with Gasteiger partial charge < -0.3 is 19.2 Å². The molecule has 0 unspecified atom stereocenters. The first-order chi connectivity index (χ1) is 19.1. The van der Waals surface area contributed by atoms with Crippen LogP contribution in [-0.2, 0) is 6.42 Å². The van der Waals surface area contributed by atoms with E-state index in [4.69, 9.17) is 13.9 Å². The zero-order valence-electron chi connectivity index (χ0n) is 21.5. The summed E-state index contributed by atoms with van der Waals surface area (Å²) in [6.07, 6.45) is 2.18. The second-order valence-electron chi connectivity index (χ2n) is 9.46. The molecule has 0 bridgehead atoms. The number of hydrogen-bond acceptors (Lipinski definition) is 6. The number of carbonyl (C=O) groups is 2. The van der Waals surface area contributed by atoms with E-state index in [1.807, 2.05) is 49.4 Å². The molecule has 0 radical (unpaired) electrons. The van der Waals surface area contributed by atoms with Crippen LogP contribution in [0.5, 0.6) is 11.5 Å². The third-order valence-corrected chi connectivity index (χ3v) is 6.88. The first-order valence-electron chi connectivity index (χ1n) is 12.9. The van der Waals surface area contributed by atoms with E-state index in [1.54, 1.807) is 30.3 Å². The van der Waals surface area contributed by atoms with Crippen molar-refractivity contribution in [3.05, 3.63) is 101 Å². The van der Waals surface area contributed by atoms with Crippen LogP contribution in [0.25, 0.3) is 11.1 Å². The van der Waals surface area contributed by atoms with Gasteiger partial charge >= 0.3 is 0 Å². The van der Waals surface area contributed by atoms with Crippen LogP contribution in [0.2, 0.25) is 0 Å². The maximum atomic E-state index is 13.1. The van der Waals surface area contributed by atoms with Gasteiger partial charge in [-0.2, -0.15) is 5.10 Å². The molecule has 1 aliphatic carbocycles. The summed E-state index contributed by atoms with van der Waals surface area (Å²) < 4.78 is 17.2. The van der Waals surface area contributed by atoms with Crippen molar-refractivity contribution in [2.45, 2.75) is 26.2 Å². The standard InChI is InChI=1S/C31H27N3O5/c1-19-28-24(33-34-30(35)22-12-10-21(11-13-22)20-6-3-2-4-7-20)8-5-9-26(28)39-29(19)31(36)32-23-14-15-25-27(18-23)38-17-16-37-25/h2-4,6-7,10-15,18H,5,8-9,16-17H2,1H3,(H,32,36)(H,34,35)/b33-24+. The van der Waals surface area contributed by atoms with Gasteiger partial charge in [0.15, 0.2) is 17.3 Å². The van der Waals surface area contributed by atoms with E-state index in [0.717, 1.165) is 23.1 Å². The molecular formula is C31H27N3O5. The van der Waals surface area contributed by atoms with Gasteiger partial charge in [0.05, 0.1) is 5.71 Å². The van der Waals surface area contributed by atoms with Crippen LogP contribution in [0.15, 0.2) is 82.3 Å². The van der Waals surface area contributed by atoms with Crippen molar-refractivity contribution in [3.8, 4) is 22.6 Å². The zero-order chi connectivity index (χ0) is 26.8. The Balaban J connectivity index is 1.17. The van der Waals surface area contributed by atoms with Crippen molar-refractivity contribution >= 4 is 23.2 Å². The van der Waals surface area contributed by atoms with Crippen LogP contribution in [0.1, 0.15) is 50.6 Å². The number of carbonyl (C=O) groups excluding carboxylic acids is 2. The fourth-order valence-corrected chi connectivity index (χ4v) is 4.93. The van der Waals surface area contributed by atoms with E-state index in [9.17, 15) is 9.59 Å². The monoisotopic (exact) mass is 521 g/mol. The van der Waals surface area contributed by atoms with E-state index in [1.165, 1.54) is 0 Å². The highest BCUT2D eigenvalue weighted by Crippen LogP contribution is 2.34. The number of nitrogens with one attached hydrogen (secondary N) is 2. The Hall–Kier alpha value is -4.85. The van der Waals surface area contributed by atoms with Gasteiger partial charge in [-0.15, -0.1) is 0 Å². The van der Waals surface area contributed by atoms with Gasteiger partial charge in [0, 0.05) is 34.9 Å². The molecule has 0 saturated carbocycles. The average molecular weight is 522 g/mol. The molecule has 39 heavy (non-hydrogen) atoms. The summed E-state index contributed by atoms with van der Waals surface area (Å²) in [6, 6.07) is 22.7. The molecule has 3 aromatic carbocycles. The maximum Gasteiger partial charge on any atom is 0.291 e. The minimum atomic E-state index is -0.361. The predicted octanol–water partition coefficient (Wildman–Crippen LogP) is 5.75. The molecular weight excluding hydrogens is 494 g/mol. The average Bonchev–Trinajstić information content (AvgIpc) is 3.33. The molecule has 0 spiro atoms. The molecule has 6 rings (SSSR count). The fraction of sp³-hybridized carbons (Fsp3) is 0.194. The van der Waals surface area contributed by atoms with E-state index >= 15 is 0 Å². The summed E-state index contributed by atoms with van der Waals surface area (Å²) in [6.45, 7) is 2.80. The summed E-state index contributed by atoms with van der Waals surface area (Å²) in [4.78, 5) is 25.9. The smallest absolute Gasteiger partial charge is 0.291 e. The number of amides is 2. The Labute approximate surface area is 225 Å². The third-order valence-electron chi connectivity index (χ3n) is 6.88. The molecule has 2 amide bonds. The summed E-state index contributed by atoms with van der Waals surface area (Å²) in [5, 5.41) is 7.33. The Bertz CT molecular complexity index is 1570. The van der Waals surface area contributed by atoms with Crippen LogP contribution >= 0.6 is 0 Å². The lowest BCUT2D eigenvalue weighted by atomic mass is 9.93. The largest absolute Gasteiger partial charge is 0.486 e. The summed E-state index contributed by atoms with van der Waals surface area (Å²) >= 11 is 0. The van der Waals surface area contributed by atoms with Crippen molar-refractivity contribution in [2.75, 3.05) is 18.5 Å². The van der Waals surface area contributed by atoms with Crippen molar-refractivity contribution in [2.24, 2.45) is 5.10 Å². The van der Waals surface area contributed by atoms with Crippen molar-refractivity contribution in [3.63, 3.8) is 0 Å². The van der Waals surface area contributed by atoms with Gasteiger partial charge in [-0.05, 0) is 55.2 Å². The van der Waals surface area contributed by atoms with Crippen LogP contribution in [0.4, 0.5) is 5.69 Å². The zero-order valence-corrected chi connectivity index (χ0v) is 21.5. The second kappa shape index (κ2) is 10.5. The van der Waals surface area contributed by atoms with Gasteiger partial charge in [0.1, 0.15) is 19.0 Å². The van der Waals surface area contributed by atoms with Gasteiger partial charge in [0.2, 0.25) is 0 Å². The molecule has 8 heteroatoms. The molecule has 1 aliphatic heterocycles. The lowest BCUT2D eigenvalue weighted by Crippen LogP contribution is -2.22. The highest BCUT2D eigenvalue weighted by molar-refractivity contribution is 6.09. The molecule has 8 nitrogen and oxygen atoms in total. The summed E-state index contributed by atoms with van der Waals surface area (Å²) in [5.41, 5.74) is 8.08. The van der Waals surface area contributed by atoms with E-state index < -0.39 is 0 Å². The second-order valence-corrected chi connectivity index (χ2v) is 9.46. The number of aryl methyl sites for hydroxylation is 1. The number of ether oxygens (including phenoxy) is 2. The van der Waals surface area contributed by atoms with Crippen LogP contribution < -0.4 is 20.2 Å². The first-order valence-corrected chi connectivity index (χ1v) is 12.9. The Morgan fingerprint density at radius 1 is 0.821 bits per heavy atom. The van der Waals surface area contributed by atoms with Gasteiger partial charge in [0.25, 0.3) is 11.8 Å². The Morgan fingerprint density at radius 2 is 1.56 bits per heavy atom. The van der Waals surface area contributed by atoms with Crippen molar-refractivity contribution in [1.82, 2.24) is 5.43 Å². The molecule has 4 aromatic rings. The van der Waals surface area contributed by atoms with E-state index in [2.05, 4.69) is 15.8 Å². The first kappa shape index (κ1) is 24.5. The number of nitrogens with zero attached hydrogens (tertiary/aromatic N) is 1. The molecule has 2 N–H and O–H groups in total. The highest BCUT2D eigenvalue weighted by Gasteiger charge is 2.28. The summed E-state index contributed by atoms with van der Waals surface area (Å²) in [7, 11) is 0. The number of benzene rings is 3. The number of fused-ring (bicyclic) bond motifs is 2. The Morgan fingerprint density at radius 3 is 2.36 bits per heavy atom. The molecule has 196 valence electrons. The maximum absolute atomic E-state index is 13.1. The van der Waals surface area contributed by atoms with E-state index in [-0.39, 0.29) is 17.6 Å². The topological polar surface area (TPSA) is 102 Å². The Kier molecular flexibility index (Phi) is 6.59. The molecule has 0 saturated heterocycles. The SMILES string of the molecule is Cc1c(C(=O)Nc2ccc3c(c2)OCCO3)oc2c1/C(=N/NC(=O)c1ccc(-c3ccccc3)cc1)CCC2. The van der Waals surface area contributed by atoms with Crippen LogP contribution in [-0.4, -0.2) is 30.7 Å². The molecule has 2 heterocycles.